The van der Waals surface area contributed by atoms with Gasteiger partial charge in [-0.05, 0) is 50.9 Å². The van der Waals surface area contributed by atoms with Gasteiger partial charge in [0.2, 0.25) is 0 Å². The van der Waals surface area contributed by atoms with Gasteiger partial charge in [-0.3, -0.25) is 9.69 Å². The SMILES string of the molecule is CCN1CCC[C@@H]1[C@@H]1CCCN1C(=O)c1ccccc1OCCOC. The topological polar surface area (TPSA) is 42.0 Å². The van der Waals surface area contributed by atoms with Crippen molar-refractivity contribution >= 4 is 5.91 Å². The Kier molecular flexibility index (Phi) is 6.32. The van der Waals surface area contributed by atoms with Crippen molar-refractivity contribution in [3.63, 3.8) is 0 Å². The number of para-hydroxylation sites is 1. The van der Waals surface area contributed by atoms with Gasteiger partial charge in [-0.15, -0.1) is 0 Å². The van der Waals surface area contributed by atoms with E-state index in [1.54, 1.807) is 7.11 Å². The third kappa shape index (κ3) is 3.98. The molecule has 2 aliphatic heterocycles. The van der Waals surface area contributed by atoms with E-state index in [1.807, 2.05) is 24.3 Å². The second kappa shape index (κ2) is 8.68. The second-order valence-electron chi connectivity index (χ2n) is 6.88. The summed E-state index contributed by atoms with van der Waals surface area (Å²) in [7, 11) is 1.65. The van der Waals surface area contributed by atoms with Crippen LogP contribution >= 0.6 is 0 Å². The van der Waals surface area contributed by atoms with Gasteiger partial charge in [-0.1, -0.05) is 19.1 Å². The van der Waals surface area contributed by atoms with Crippen molar-refractivity contribution in [3.8, 4) is 5.75 Å². The molecule has 2 aliphatic rings. The lowest BCUT2D eigenvalue weighted by molar-refractivity contribution is 0.0643. The number of rotatable bonds is 7. The quantitative estimate of drug-likeness (QED) is 0.712. The first-order valence-corrected chi connectivity index (χ1v) is 9.52. The maximum absolute atomic E-state index is 13.3. The second-order valence-corrected chi connectivity index (χ2v) is 6.88. The normalized spacial score (nSPS) is 24.0. The van der Waals surface area contributed by atoms with Crippen molar-refractivity contribution in [1.29, 1.82) is 0 Å². The Hall–Kier alpha value is -1.59. The molecular formula is C20H30N2O3. The van der Waals surface area contributed by atoms with Crippen molar-refractivity contribution in [2.75, 3.05) is 40.0 Å². The molecule has 3 rings (SSSR count). The molecule has 5 nitrogen and oxygen atoms in total. The highest BCUT2D eigenvalue weighted by atomic mass is 16.5. The Morgan fingerprint density at radius 1 is 1.12 bits per heavy atom. The van der Waals surface area contributed by atoms with Crippen molar-refractivity contribution < 1.29 is 14.3 Å². The Morgan fingerprint density at radius 2 is 1.88 bits per heavy atom. The molecule has 0 N–H and O–H groups in total. The molecule has 0 bridgehead atoms. The fraction of sp³-hybridized carbons (Fsp3) is 0.650. The Labute approximate surface area is 150 Å². The van der Waals surface area contributed by atoms with Crippen LogP contribution in [0.25, 0.3) is 0 Å². The van der Waals surface area contributed by atoms with E-state index in [-0.39, 0.29) is 5.91 Å². The van der Waals surface area contributed by atoms with E-state index in [9.17, 15) is 4.79 Å². The van der Waals surface area contributed by atoms with Crippen LogP contribution in [0.2, 0.25) is 0 Å². The standard InChI is InChI=1S/C20H30N2O3/c1-3-21-12-6-9-17(21)18-10-7-13-22(18)20(23)16-8-4-5-11-19(16)25-15-14-24-2/h4-5,8,11,17-18H,3,6-7,9-10,12-15H2,1-2H3/t17-,18+/m1/s1. The average molecular weight is 346 g/mol. The Balaban J connectivity index is 1.75. The minimum Gasteiger partial charge on any atom is -0.490 e. The number of likely N-dealkylation sites (N-methyl/N-ethyl adjacent to an activating group) is 1. The highest BCUT2D eigenvalue weighted by molar-refractivity contribution is 5.97. The van der Waals surface area contributed by atoms with E-state index in [2.05, 4.69) is 16.7 Å². The van der Waals surface area contributed by atoms with Gasteiger partial charge < -0.3 is 14.4 Å². The summed E-state index contributed by atoms with van der Waals surface area (Å²) in [4.78, 5) is 17.9. The van der Waals surface area contributed by atoms with Gasteiger partial charge >= 0.3 is 0 Å². The maximum Gasteiger partial charge on any atom is 0.257 e. The summed E-state index contributed by atoms with van der Waals surface area (Å²) < 4.78 is 10.8. The highest BCUT2D eigenvalue weighted by Gasteiger charge is 2.39. The number of nitrogens with zero attached hydrogens (tertiary/aromatic N) is 2. The number of carbonyl (C=O) groups excluding carboxylic acids is 1. The van der Waals surface area contributed by atoms with E-state index >= 15 is 0 Å². The predicted octanol–water partition coefficient (Wildman–Crippen LogP) is 2.80. The molecule has 2 heterocycles. The Bertz CT molecular complexity index is 578. The summed E-state index contributed by atoms with van der Waals surface area (Å²) in [5, 5.41) is 0. The number of hydrogen-bond acceptors (Lipinski definition) is 4. The third-order valence-electron chi connectivity index (χ3n) is 5.49. The lowest BCUT2D eigenvalue weighted by Gasteiger charge is -2.34. The van der Waals surface area contributed by atoms with Crippen LogP contribution < -0.4 is 4.74 Å². The zero-order chi connectivity index (χ0) is 17.6. The van der Waals surface area contributed by atoms with Crippen molar-refractivity contribution in [1.82, 2.24) is 9.80 Å². The minimum atomic E-state index is 0.110. The van der Waals surface area contributed by atoms with Gasteiger partial charge in [0.05, 0.1) is 12.2 Å². The van der Waals surface area contributed by atoms with Crippen LogP contribution in [0.4, 0.5) is 0 Å². The predicted molar refractivity (Wildman–Crippen MR) is 98.1 cm³/mol. The summed E-state index contributed by atoms with van der Waals surface area (Å²) in [6.07, 6.45) is 4.65. The first-order valence-electron chi connectivity index (χ1n) is 9.52. The van der Waals surface area contributed by atoms with Crippen LogP contribution in [-0.4, -0.2) is 67.7 Å². The van der Waals surface area contributed by atoms with Crippen LogP contribution in [-0.2, 0) is 4.74 Å². The molecule has 0 unspecified atom stereocenters. The number of carbonyl (C=O) groups is 1. The van der Waals surface area contributed by atoms with Gasteiger partial charge in [0.1, 0.15) is 12.4 Å². The molecule has 2 saturated heterocycles. The van der Waals surface area contributed by atoms with Crippen LogP contribution in [0.3, 0.4) is 0 Å². The van der Waals surface area contributed by atoms with Crippen LogP contribution in [0.1, 0.15) is 43.0 Å². The molecular weight excluding hydrogens is 316 g/mol. The number of likely N-dealkylation sites (tertiary alicyclic amines) is 2. The largest absolute Gasteiger partial charge is 0.490 e. The first kappa shape index (κ1) is 18.2. The zero-order valence-electron chi connectivity index (χ0n) is 15.4. The third-order valence-corrected chi connectivity index (χ3v) is 5.49. The maximum atomic E-state index is 13.3. The number of amides is 1. The molecule has 0 saturated carbocycles. The van der Waals surface area contributed by atoms with Gasteiger partial charge in [0, 0.05) is 25.7 Å². The number of benzene rings is 1. The lowest BCUT2D eigenvalue weighted by Crippen LogP contribution is -2.48. The smallest absolute Gasteiger partial charge is 0.257 e. The highest BCUT2D eigenvalue weighted by Crippen LogP contribution is 2.32. The van der Waals surface area contributed by atoms with Crippen LogP contribution in [0.5, 0.6) is 5.75 Å². The summed E-state index contributed by atoms with van der Waals surface area (Å²) in [6.45, 7) is 6.28. The Morgan fingerprint density at radius 3 is 2.68 bits per heavy atom. The molecule has 0 aliphatic carbocycles. The van der Waals surface area contributed by atoms with Crippen molar-refractivity contribution in [3.05, 3.63) is 29.8 Å². The molecule has 0 aromatic heterocycles. The van der Waals surface area contributed by atoms with Gasteiger partial charge in [-0.25, -0.2) is 0 Å². The van der Waals surface area contributed by atoms with Crippen LogP contribution in [0, 0.1) is 0 Å². The molecule has 138 valence electrons. The molecule has 1 amide bonds. The van der Waals surface area contributed by atoms with Gasteiger partial charge in [-0.2, -0.15) is 0 Å². The van der Waals surface area contributed by atoms with E-state index in [1.165, 1.54) is 12.8 Å². The number of hydrogen-bond donors (Lipinski definition) is 0. The molecule has 1 aromatic rings. The molecule has 0 spiro atoms. The molecule has 2 atom stereocenters. The molecule has 25 heavy (non-hydrogen) atoms. The van der Waals surface area contributed by atoms with E-state index < -0.39 is 0 Å². The first-order chi connectivity index (χ1) is 12.3. The minimum absolute atomic E-state index is 0.110. The van der Waals surface area contributed by atoms with E-state index in [0.717, 1.165) is 32.5 Å². The monoisotopic (exact) mass is 346 g/mol. The van der Waals surface area contributed by atoms with E-state index in [0.29, 0.717) is 36.6 Å². The van der Waals surface area contributed by atoms with Crippen molar-refractivity contribution in [2.45, 2.75) is 44.7 Å². The molecule has 1 aromatic carbocycles. The fourth-order valence-corrected chi connectivity index (χ4v) is 4.28. The fourth-order valence-electron chi connectivity index (χ4n) is 4.28. The van der Waals surface area contributed by atoms with E-state index in [4.69, 9.17) is 9.47 Å². The van der Waals surface area contributed by atoms with Crippen molar-refractivity contribution in [2.24, 2.45) is 0 Å². The van der Waals surface area contributed by atoms with Gasteiger partial charge in [0.25, 0.3) is 5.91 Å². The molecule has 0 radical (unpaired) electrons. The zero-order valence-corrected chi connectivity index (χ0v) is 15.4. The lowest BCUT2D eigenvalue weighted by atomic mass is 10.0. The molecule has 2 fully saturated rings. The summed E-state index contributed by atoms with van der Waals surface area (Å²) in [5.41, 5.74) is 0.673. The van der Waals surface area contributed by atoms with Crippen LogP contribution in [0.15, 0.2) is 24.3 Å². The number of ether oxygens (including phenoxy) is 2. The number of methoxy groups -OCH3 is 1. The summed E-state index contributed by atoms with van der Waals surface area (Å²) in [5.74, 6) is 0.771. The summed E-state index contributed by atoms with van der Waals surface area (Å²) in [6, 6.07) is 8.43. The molecule has 5 heteroatoms. The average Bonchev–Trinajstić information content (AvgIpc) is 3.30. The van der Waals surface area contributed by atoms with Gasteiger partial charge in [0.15, 0.2) is 0 Å². The summed E-state index contributed by atoms with van der Waals surface area (Å²) >= 11 is 0.